The second kappa shape index (κ2) is 4.16. The summed E-state index contributed by atoms with van der Waals surface area (Å²) >= 11 is 0. The van der Waals surface area contributed by atoms with Gasteiger partial charge in [-0.1, -0.05) is 18.2 Å². The van der Waals surface area contributed by atoms with Crippen LogP contribution in [0.2, 0.25) is 0 Å². The van der Waals surface area contributed by atoms with Gasteiger partial charge in [-0.05, 0) is 31.4 Å². The van der Waals surface area contributed by atoms with Crippen LogP contribution in [0.25, 0.3) is 0 Å². The van der Waals surface area contributed by atoms with Crippen LogP contribution in [0.3, 0.4) is 0 Å². The molecule has 1 aromatic carbocycles. The molecule has 0 heterocycles. The van der Waals surface area contributed by atoms with Crippen molar-refractivity contribution in [2.45, 2.75) is 29.7 Å². The third-order valence-corrected chi connectivity index (χ3v) is 4.43. The fraction of sp³-hybridized carbons (Fsp3) is 0.455. The molecule has 1 fully saturated rings. The average molecular weight is 240 g/mol. The van der Waals surface area contributed by atoms with Crippen LogP contribution in [-0.4, -0.2) is 20.5 Å². The maximum atomic E-state index is 11.9. The van der Waals surface area contributed by atoms with Crippen molar-refractivity contribution in [1.82, 2.24) is 4.72 Å². The fourth-order valence-electron chi connectivity index (χ4n) is 1.73. The zero-order chi connectivity index (χ0) is 11.6. The standard InChI is InChI=1S/C11H16N2O2S/c12-11(7-4-8-11)9-13-16(14,15)10-5-2-1-3-6-10/h1-3,5-6,13H,4,7-9,12H2. The van der Waals surface area contributed by atoms with E-state index < -0.39 is 10.0 Å². The molecule has 0 spiro atoms. The number of nitrogens with two attached hydrogens (primary N) is 1. The van der Waals surface area contributed by atoms with Crippen molar-refractivity contribution in [3.63, 3.8) is 0 Å². The molecular weight excluding hydrogens is 224 g/mol. The second-order valence-electron chi connectivity index (χ2n) is 4.35. The molecule has 0 bridgehead atoms. The van der Waals surface area contributed by atoms with E-state index in [1.54, 1.807) is 30.3 Å². The highest BCUT2D eigenvalue weighted by Gasteiger charge is 2.33. The Kier molecular flexibility index (Phi) is 3.01. The van der Waals surface area contributed by atoms with Gasteiger partial charge in [-0.15, -0.1) is 0 Å². The molecule has 2 rings (SSSR count). The SMILES string of the molecule is NC1(CNS(=O)(=O)c2ccccc2)CCC1. The van der Waals surface area contributed by atoms with Gasteiger partial charge >= 0.3 is 0 Å². The molecular formula is C11H16N2O2S. The molecule has 1 aliphatic rings. The van der Waals surface area contributed by atoms with Crippen LogP contribution in [0.4, 0.5) is 0 Å². The van der Waals surface area contributed by atoms with Gasteiger partial charge in [0.15, 0.2) is 0 Å². The lowest BCUT2D eigenvalue weighted by Crippen LogP contribution is -2.54. The van der Waals surface area contributed by atoms with Gasteiger partial charge in [-0.3, -0.25) is 0 Å². The van der Waals surface area contributed by atoms with Crippen molar-refractivity contribution in [2.24, 2.45) is 5.73 Å². The predicted octanol–water partition coefficient (Wildman–Crippen LogP) is 0.846. The van der Waals surface area contributed by atoms with Crippen LogP contribution in [0.15, 0.2) is 35.2 Å². The maximum absolute atomic E-state index is 11.9. The number of benzene rings is 1. The first-order valence-corrected chi connectivity index (χ1v) is 6.84. The van der Waals surface area contributed by atoms with Crippen LogP contribution >= 0.6 is 0 Å². The van der Waals surface area contributed by atoms with Crippen molar-refractivity contribution in [3.05, 3.63) is 30.3 Å². The predicted molar refractivity (Wildman–Crippen MR) is 62.4 cm³/mol. The maximum Gasteiger partial charge on any atom is 0.240 e. The molecule has 3 N–H and O–H groups in total. The van der Waals surface area contributed by atoms with Gasteiger partial charge in [0.05, 0.1) is 4.90 Å². The molecule has 16 heavy (non-hydrogen) atoms. The Morgan fingerprint density at radius 2 is 1.88 bits per heavy atom. The highest BCUT2D eigenvalue weighted by atomic mass is 32.2. The summed E-state index contributed by atoms with van der Waals surface area (Å²) in [6.45, 7) is 0.324. The third-order valence-electron chi connectivity index (χ3n) is 3.02. The highest BCUT2D eigenvalue weighted by molar-refractivity contribution is 7.89. The lowest BCUT2D eigenvalue weighted by Gasteiger charge is -2.37. The van der Waals surface area contributed by atoms with Crippen molar-refractivity contribution >= 4 is 10.0 Å². The normalized spacial score (nSPS) is 19.1. The molecule has 0 saturated heterocycles. The zero-order valence-corrected chi connectivity index (χ0v) is 9.83. The summed E-state index contributed by atoms with van der Waals surface area (Å²) in [4.78, 5) is 0.290. The van der Waals surface area contributed by atoms with E-state index in [1.807, 2.05) is 0 Å². The van der Waals surface area contributed by atoms with E-state index in [0.717, 1.165) is 19.3 Å². The minimum absolute atomic E-state index is 0.290. The quantitative estimate of drug-likeness (QED) is 0.819. The number of hydrogen-bond acceptors (Lipinski definition) is 3. The Balaban J connectivity index is 2.04. The summed E-state index contributed by atoms with van der Waals surface area (Å²) < 4.78 is 26.3. The Hall–Kier alpha value is -0.910. The number of hydrogen-bond donors (Lipinski definition) is 2. The monoisotopic (exact) mass is 240 g/mol. The van der Waals surface area contributed by atoms with Gasteiger partial charge in [-0.2, -0.15) is 0 Å². The van der Waals surface area contributed by atoms with Crippen molar-refractivity contribution < 1.29 is 8.42 Å². The topological polar surface area (TPSA) is 72.2 Å². The number of nitrogens with one attached hydrogen (secondary N) is 1. The van der Waals surface area contributed by atoms with Gasteiger partial charge in [0.1, 0.15) is 0 Å². The zero-order valence-electron chi connectivity index (χ0n) is 9.02. The fourth-order valence-corrected chi connectivity index (χ4v) is 2.89. The van der Waals surface area contributed by atoms with Crippen LogP contribution < -0.4 is 10.5 Å². The second-order valence-corrected chi connectivity index (χ2v) is 6.12. The largest absolute Gasteiger partial charge is 0.324 e. The van der Waals surface area contributed by atoms with Gasteiger partial charge in [0.2, 0.25) is 10.0 Å². The summed E-state index contributed by atoms with van der Waals surface area (Å²) in [5.41, 5.74) is 5.63. The summed E-state index contributed by atoms with van der Waals surface area (Å²) in [6.07, 6.45) is 2.87. The van der Waals surface area contributed by atoms with E-state index in [9.17, 15) is 8.42 Å². The Morgan fingerprint density at radius 3 is 2.38 bits per heavy atom. The molecule has 0 unspecified atom stereocenters. The molecule has 0 atom stereocenters. The van der Waals surface area contributed by atoms with Crippen LogP contribution in [0.5, 0.6) is 0 Å². The van der Waals surface area contributed by atoms with Gasteiger partial charge in [0.25, 0.3) is 0 Å². The van der Waals surface area contributed by atoms with E-state index in [1.165, 1.54) is 0 Å². The summed E-state index contributed by atoms with van der Waals surface area (Å²) in [7, 11) is -3.40. The summed E-state index contributed by atoms with van der Waals surface area (Å²) in [5, 5.41) is 0. The van der Waals surface area contributed by atoms with Crippen molar-refractivity contribution in [1.29, 1.82) is 0 Å². The first kappa shape index (κ1) is 11.6. The summed E-state index contributed by atoms with van der Waals surface area (Å²) in [6, 6.07) is 8.35. The number of rotatable bonds is 4. The van der Waals surface area contributed by atoms with E-state index in [-0.39, 0.29) is 10.4 Å². The van der Waals surface area contributed by atoms with E-state index in [4.69, 9.17) is 5.73 Å². The highest BCUT2D eigenvalue weighted by Crippen LogP contribution is 2.28. The Labute approximate surface area is 95.9 Å². The van der Waals surface area contributed by atoms with Crippen molar-refractivity contribution in [3.8, 4) is 0 Å². The van der Waals surface area contributed by atoms with Crippen LogP contribution in [-0.2, 0) is 10.0 Å². The van der Waals surface area contributed by atoms with Gasteiger partial charge < -0.3 is 5.73 Å². The smallest absolute Gasteiger partial charge is 0.240 e. The van der Waals surface area contributed by atoms with Gasteiger partial charge in [-0.25, -0.2) is 13.1 Å². The van der Waals surface area contributed by atoms with E-state index in [2.05, 4.69) is 4.72 Å². The molecule has 1 aromatic rings. The molecule has 1 aliphatic carbocycles. The lowest BCUT2D eigenvalue weighted by atomic mass is 9.78. The lowest BCUT2D eigenvalue weighted by molar-refractivity contribution is 0.251. The van der Waals surface area contributed by atoms with Crippen LogP contribution in [0.1, 0.15) is 19.3 Å². The Bertz CT molecular complexity index is 452. The van der Waals surface area contributed by atoms with Gasteiger partial charge in [0, 0.05) is 12.1 Å². The molecule has 1 saturated carbocycles. The van der Waals surface area contributed by atoms with E-state index >= 15 is 0 Å². The Morgan fingerprint density at radius 1 is 1.25 bits per heavy atom. The first-order valence-electron chi connectivity index (χ1n) is 5.36. The molecule has 5 heteroatoms. The number of sulfonamides is 1. The summed E-state index contributed by atoms with van der Waals surface area (Å²) in [5.74, 6) is 0. The molecule has 0 amide bonds. The van der Waals surface area contributed by atoms with Crippen LogP contribution in [0, 0.1) is 0 Å². The minimum Gasteiger partial charge on any atom is -0.324 e. The molecule has 0 aromatic heterocycles. The van der Waals surface area contributed by atoms with Crippen molar-refractivity contribution in [2.75, 3.05) is 6.54 Å². The third kappa shape index (κ3) is 2.42. The average Bonchev–Trinajstić information content (AvgIpc) is 2.25. The molecule has 0 radical (unpaired) electrons. The van der Waals surface area contributed by atoms with E-state index in [0.29, 0.717) is 6.54 Å². The molecule has 88 valence electrons. The molecule has 4 nitrogen and oxygen atoms in total. The first-order chi connectivity index (χ1) is 7.52. The molecule has 0 aliphatic heterocycles. The minimum atomic E-state index is -3.40.